The summed E-state index contributed by atoms with van der Waals surface area (Å²) in [5.74, 6) is 0.391. The lowest BCUT2D eigenvalue weighted by Crippen LogP contribution is -2.50. The van der Waals surface area contributed by atoms with Crippen molar-refractivity contribution in [2.45, 2.75) is 20.0 Å². The Labute approximate surface area is 153 Å². The molecule has 0 radical (unpaired) electrons. The fourth-order valence-electron chi connectivity index (χ4n) is 2.78. The fourth-order valence-corrected chi connectivity index (χ4v) is 3.18. The fraction of sp³-hybridized carbons (Fsp3) is 0.588. The van der Waals surface area contributed by atoms with Gasteiger partial charge in [0.05, 0.1) is 28.4 Å². The minimum Gasteiger partial charge on any atom is -0.390 e. The van der Waals surface area contributed by atoms with Crippen LogP contribution in [0, 0.1) is 5.92 Å². The topological polar surface area (TPSA) is 55.8 Å². The van der Waals surface area contributed by atoms with Crippen LogP contribution in [-0.2, 0) is 4.79 Å². The van der Waals surface area contributed by atoms with Crippen molar-refractivity contribution in [3.8, 4) is 0 Å². The normalized spacial score (nSPS) is 16.4. The molecule has 5 nitrogen and oxygen atoms in total. The van der Waals surface area contributed by atoms with Gasteiger partial charge in [-0.3, -0.25) is 4.79 Å². The van der Waals surface area contributed by atoms with Gasteiger partial charge in [0.2, 0.25) is 5.91 Å². The van der Waals surface area contributed by atoms with E-state index in [2.05, 4.69) is 10.2 Å². The van der Waals surface area contributed by atoms with Gasteiger partial charge in [0, 0.05) is 38.6 Å². The van der Waals surface area contributed by atoms with Crippen molar-refractivity contribution in [3.63, 3.8) is 0 Å². The molecule has 0 spiro atoms. The number of nitrogens with one attached hydrogen (secondary N) is 1. The molecule has 1 aliphatic rings. The van der Waals surface area contributed by atoms with Crippen LogP contribution in [0.25, 0.3) is 0 Å². The predicted octanol–water partition coefficient (Wildman–Crippen LogP) is 2.66. The minimum atomic E-state index is -0.612. The van der Waals surface area contributed by atoms with Gasteiger partial charge in [-0.05, 0) is 12.1 Å². The summed E-state index contributed by atoms with van der Waals surface area (Å²) in [5, 5.41) is 13.5. The Morgan fingerprint density at radius 1 is 1.29 bits per heavy atom. The molecule has 1 aromatic carbocycles. The van der Waals surface area contributed by atoms with Crippen molar-refractivity contribution in [2.24, 2.45) is 5.92 Å². The molecule has 1 heterocycles. The Hall–Kier alpha value is -1.17. The summed E-state index contributed by atoms with van der Waals surface area (Å²) in [6.45, 7) is 7.05. The van der Waals surface area contributed by atoms with Crippen molar-refractivity contribution >= 4 is 40.5 Å². The zero-order valence-electron chi connectivity index (χ0n) is 14.1. The number of anilines is 2. The van der Waals surface area contributed by atoms with E-state index in [1.807, 2.05) is 36.9 Å². The molecular formula is C17H25Cl2N3O2. The van der Waals surface area contributed by atoms with Crippen molar-refractivity contribution in [2.75, 3.05) is 48.8 Å². The number of para-hydroxylation sites is 1. The van der Waals surface area contributed by atoms with Gasteiger partial charge in [0.15, 0.2) is 0 Å². The molecule has 1 aliphatic heterocycles. The molecule has 2 N–H and O–H groups in total. The SMILES string of the molecule is CC(C)C(=O)N1CCN(c2c(Cl)cccc2NCC(O)CCl)CC1. The largest absolute Gasteiger partial charge is 0.390 e. The Morgan fingerprint density at radius 3 is 2.54 bits per heavy atom. The molecule has 0 bridgehead atoms. The molecule has 134 valence electrons. The van der Waals surface area contributed by atoms with Crippen LogP contribution in [0.3, 0.4) is 0 Å². The number of piperazine rings is 1. The van der Waals surface area contributed by atoms with Crippen LogP contribution in [0.15, 0.2) is 18.2 Å². The Bertz CT molecular complexity index is 561. The molecule has 7 heteroatoms. The van der Waals surface area contributed by atoms with Crippen molar-refractivity contribution in [3.05, 3.63) is 23.2 Å². The Balaban J connectivity index is 2.08. The quantitative estimate of drug-likeness (QED) is 0.752. The number of alkyl halides is 1. The van der Waals surface area contributed by atoms with Gasteiger partial charge < -0.3 is 20.2 Å². The molecule has 1 fully saturated rings. The molecule has 1 amide bonds. The number of hydrogen-bond donors (Lipinski definition) is 2. The van der Waals surface area contributed by atoms with Gasteiger partial charge >= 0.3 is 0 Å². The summed E-state index contributed by atoms with van der Waals surface area (Å²) in [6.07, 6.45) is -0.612. The van der Waals surface area contributed by atoms with Crippen LogP contribution in [0.2, 0.25) is 5.02 Å². The van der Waals surface area contributed by atoms with Crippen molar-refractivity contribution < 1.29 is 9.90 Å². The summed E-state index contributed by atoms with van der Waals surface area (Å²) in [6, 6.07) is 5.67. The molecule has 1 unspecified atom stereocenters. The number of carbonyl (C=O) groups excluding carboxylic acids is 1. The van der Waals surface area contributed by atoms with E-state index in [0.717, 1.165) is 24.5 Å². The zero-order chi connectivity index (χ0) is 17.7. The van der Waals surface area contributed by atoms with Gasteiger partial charge in [-0.2, -0.15) is 0 Å². The second-order valence-electron chi connectivity index (χ2n) is 6.29. The van der Waals surface area contributed by atoms with Gasteiger partial charge in [-0.25, -0.2) is 0 Å². The third-order valence-corrected chi connectivity index (χ3v) is 4.76. The summed E-state index contributed by atoms with van der Waals surface area (Å²) in [7, 11) is 0. The number of nitrogens with zero attached hydrogens (tertiary/aromatic N) is 2. The lowest BCUT2D eigenvalue weighted by atomic mass is 10.1. The third kappa shape index (κ3) is 4.68. The number of benzene rings is 1. The summed E-state index contributed by atoms with van der Waals surface area (Å²) >= 11 is 12.1. The summed E-state index contributed by atoms with van der Waals surface area (Å²) < 4.78 is 0. The molecule has 2 rings (SSSR count). The first-order valence-corrected chi connectivity index (χ1v) is 9.15. The molecule has 0 aliphatic carbocycles. The van der Waals surface area contributed by atoms with E-state index in [-0.39, 0.29) is 17.7 Å². The monoisotopic (exact) mass is 373 g/mol. The van der Waals surface area contributed by atoms with Gasteiger partial charge in [0.25, 0.3) is 0 Å². The van der Waals surface area contributed by atoms with E-state index in [4.69, 9.17) is 23.2 Å². The number of halogens is 2. The standard InChI is InChI=1S/C17H25Cl2N3O2/c1-12(2)17(24)22-8-6-21(7-9-22)16-14(19)4-3-5-15(16)20-11-13(23)10-18/h3-5,12-13,20,23H,6-11H2,1-2H3. The van der Waals surface area contributed by atoms with E-state index < -0.39 is 6.10 Å². The number of rotatable bonds is 6. The first-order valence-electron chi connectivity index (χ1n) is 8.24. The lowest BCUT2D eigenvalue weighted by molar-refractivity contribution is -0.134. The number of hydrogen-bond acceptors (Lipinski definition) is 4. The maximum atomic E-state index is 12.1. The zero-order valence-corrected chi connectivity index (χ0v) is 15.6. The van der Waals surface area contributed by atoms with Crippen LogP contribution in [0.5, 0.6) is 0 Å². The van der Waals surface area contributed by atoms with Crippen LogP contribution in [-0.4, -0.2) is 60.6 Å². The first kappa shape index (κ1) is 19.2. The summed E-state index contributed by atoms with van der Waals surface area (Å²) in [4.78, 5) is 16.2. The highest BCUT2D eigenvalue weighted by Gasteiger charge is 2.25. The maximum Gasteiger partial charge on any atom is 0.225 e. The molecule has 0 aromatic heterocycles. The van der Waals surface area contributed by atoms with Crippen molar-refractivity contribution in [1.29, 1.82) is 0 Å². The average Bonchev–Trinajstić information content (AvgIpc) is 2.59. The Morgan fingerprint density at radius 2 is 1.96 bits per heavy atom. The van der Waals surface area contributed by atoms with Crippen LogP contribution in [0.1, 0.15) is 13.8 Å². The van der Waals surface area contributed by atoms with E-state index in [1.54, 1.807) is 0 Å². The molecule has 0 saturated carbocycles. The number of aliphatic hydroxyl groups is 1. The van der Waals surface area contributed by atoms with Gasteiger partial charge in [-0.15, -0.1) is 11.6 Å². The average molecular weight is 374 g/mol. The molecule has 1 atom stereocenters. The lowest BCUT2D eigenvalue weighted by Gasteiger charge is -2.38. The number of amides is 1. The number of carbonyl (C=O) groups is 1. The highest BCUT2D eigenvalue weighted by atomic mass is 35.5. The predicted molar refractivity (Wildman–Crippen MR) is 100 cm³/mol. The maximum absolute atomic E-state index is 12.1. The van der Waals surface area contributed by atoms with E-state index in [9.17, 15) is 9.90 Å². The number of aliphatic hydroxyl groups excluding tert-OH is 1. The highest BCUT2D eigenvalue weighted by Crippen LogP contribution is 2.34. The minimum absolute atomic E-state index is 0.0196. The molecule has 1 saturated heterocycles. The summed E-state index contributed by atoms with van der Waals surface area (Å²) in [5.41, 5.74) is 1.79. The molecule has 24 heavy (non-hydrogen) atoms. The first-order chi connectivity index (χ1) is 11.4. The van der Waals surface area contributed by atoms with Crippen molar-refractivity contribution in [1.82, 2.24) is 4.90 Å². The van der Waals surface area contributed by atoms with Crippen LogP contribution in [0.4, 0.5) is 11.4 Å². The smallest absolute Gasteiger partial charge is 0.225 e. The second kappa shape index (κ2) is 8.79. The molecular weight excluding hydrogens is 349 g/mol. The van der Waals surface area contributed by atoms with E-state index in [1.165, 1.54) is 0 Å². The highest BCUT2D eigenvalue weighted by molar-refractivity contribution is 6.34. The second-order valence-corrected chi connectivity index (χ2v) is 7.01. The Kier molecular flexibility index (Phi) is 7.02. The van der Waals surface area contributed by atoms with Gasteiger partial charge in [0.1, 0.15) is 0 Å². The van der Waals surface area contributed by atoms with Gasteiger partial charge in [-0.1, -0.05) is 31.5 Å². The van der Waals surface area contributed by atoms with Crippen LogP contribution >= 0.6 is 23.2 Å². The molecule has 1 aromatic rings. The van der Waals surface area contributed by atoms with E-state index in [0.29, 0.717) is 24.7 Å². The van der Waals surface area contributed by atoms with Crippen LogP contribution < -0.4 is 10.2 Å². The van der Waals surface area contributed by atoms with E-state index >= 15 is 0 Å². The third-order valence-electron chi connectivity index (χ3n) is 4.09.